The van der Waals surface area contributed by atoms with Crippen LogP contribution < -0.4 is 5.43 Å². The van der Waals surface area contributed by atoms with Gasteiger partial charge in [0.05, 0.1) is 5.69 Å². The van der Waals surface area contributed by atoms with E-state index >= 15 is 0 Å². The summed E-state index contributed by atoms with van der Waals surface area (Å²) in [5.41, 5.74) is 5.18. The minimum absolute atomic E-state index is 0.187. The second-order valence-electron chi connectivity index (χ2n) is 4.80. The fourth-order valence-electron chi connectivity index (χ4n) is 2.09. The number of nitrogens with zero attached hydrogens (tertiary/aromatic N) is 2. The Morgan fingerprint density at radius 2 is 1.83 bits per heavy atom. The van der Waals surface area contributed by atoms with Gasteiger partial charge in [-0.3, -0.25) is 10.2 Å². The molecule has 0 saturated heterocycles. The lowest BCUT2D eigenvalue weighted by Crippen LogP contribution is -2.35. The first kappa shape index (κ1) is 15.6. The van der Waals surface area contributed by atoms with Gasteiger partial charge in [-0.25, -0.2) is 4.99 Å². The second kappa shape index (κ2) is 6.89. The molecule has 0 atom stereocenters. The third-order valence-corrected chi connectivity index (χ3v) is 4.09. The number of benzene rings is 2. The number of thioether (sulfide) groups is 1. The maximum atomic E-state index is 12.6. The Labute approximate surface area is 143 Å². The zero-order chi connectivity index (χ0) is 16.2. The van der Waals surface area contributed by atoms with Crippen LogP contribution in [0.5, 0.6) is 0 Å². The van der Waals surface area contributed by atoms with E-state index in [4.69, 9.17) is 11.6 Å². The molecule has 2 aromatic carbocycles. The molecule has 6 heteroatoms. The van der Waals surface area contributed by atoms with Gasteiger partial charge in [0.25, 0.3) is 5.91 Å². The summed E-state index contributed by atoms with van der Waals surface area (Å²) < 4.78 is 0. The smallest absolute Gasteiger partial charge is 0.289 e. The highest BCUT2D eigenvalue weighted by molar-refractivity contribution is 8.13. The molecule has 3 rings (SSSR count). The number of rotatable bonds is 3. The van der Waals surface area contributed by atoms with Crippen LogP contribution in [0.2, 0.25) is 5.02 Å². The van der Waals surface area contributed by atoms with Gasteiger partial charge >= 0.3 is 0 Å². The van der Waals surface area contributed by atoms with Gasteiger partial charge in [0.2, 0.25) is 0 Å². The molecule has 0 unspecified atom stereocenters. The number of carbonyl (C=O) groups is 1. The van der Waals surface area contributed by atoms with Crippen molar-refractivity contribution in [3.8, 4) is 0 Å². The monoisotopic (exact) mass is 343 g/mol. The quantitative estimate of drug-likeness (QED) is 0.846. The van der Waals surface area contributed by atoms with E-state index < -0.39 is 0 Å². The molecule has 0 saturated carbocycles. The van der Waals surface area contributed by atoms with Gasteiger partial charge in [-0.1, -0.05) is 53.7 Å². The van der Waals surface area contributed by atoms with E-state index in [1.165, 1.54) is 16.8 Å². The highest BCUT2D eigenvalue weighted by Gasteiger charge is 2.30. The summed E-state index contributed by atoms with van der Waals surface area (Å²) in [6.45, 7) is 0. The van der Waals surface area contributed by atoms with Gasteiger partial charge in [0.15, 0.2) is 5.17 Å². The van der Waals surface area contributed by atoms with Gasteiger partial charge in [-0.05, 0) is 42.2 Å². The molecule has 4 nitrogen and oxygen atoms in total. The lowest BCUT2D eigenvalue weighted by molar-refractivity contribution is -0.121. The Balaban J connectivity index is 1.86. The Morgan fingerprint density at radius 3 is 2.48 bits per heavy atom. The van der Waals surface area contributed by atoms with Crippen LogP contribution in [0.15, 0.2) is 65.3 Å². The molecular formula is C17H14ClN3OS. The molecule has 0 bridgehead atoms. The molecule has 1 aliphatic rings. The molecule has 23 heavy (non-hydrogen) atoms. The summed E-state index contributed by atoms with van der Waals surface area (Å²) in [5, 5.41) is 2.73. The molecule has 0 fully saturated rings. The predicted molar refractivity (Wildman–Crippen MR) is 97.3 cm³/mol. The van der Waals surface area contributed by atoms with E-state index in [0.717, 1.165) is 11.3 Å². The van der Waals surface area contributed by atoms with Crippen molar-refractivity contribution >= 4 is 46.2 Å². The first-order valence-corrected chi connectivity index (χ1v) is 8.54. The third kappa shape index (κ3) is 3.57. The van der Waals surface area contributed by atoms with Crippen molar-refractivity contribution in [1.82, 2.24) is 5.01 Å². The van der Waals surface area contributed by atoms with Gasteiger partial charge < -0.3 is 0 Å². The second-order valence-corrected chi connectivity index (χ2v) is 6.01. The van der Waals surface area contributed by atoms with Crippen LogP contribution in [0.4, 0.5) is 5.69 Å². The predicted octanol–water partition coefficient (Wildman–Crippen LogP) is 4.27. The maximum absolute atomic E-state index is 12.6. The fourth-order valence-corrected chi connectivity index (χ4v) is 2.72. The largest absolute Gasteiger partial charge is 0.297 e. The van der Waals surface area contributed by atoms with E-state index in [2.05, 4.69) is 10.4 Å². The number of para-hydroxylation sites is 1. The van der Waals surface area contributed by atoms with Crippen molar-refractivity contribution in [2.45, 2.75) is 0 Å². The molecule has 1 amide bonds. The highest BCUT2D eigenvalue weighted by atomic mass is 35.5. The lowest BCUT2D eigenvalue weighted by Gasteiger charge is -2.18. The molecular weight excluding hydrogens is 330 g/mol. The van der Waals surface area contributed by atoms with Crippen molar-refractivity contribution in [1.29, 1.82) is 0 Å². The summed E-state index contributed by atoms with van der Waals surface area (Å²) in [6.07, 6.45) is 3.64. The molecule has 0 aromatic heterocycles. The fraction of sp³-hybridized carbons (Fsp3) is 0.0588. The van der Waals surface area contributed by atoms with Crippen LogP contribution in [0, 0.1) is 0 Å². The van der Waals surface area contributed by atoms with E-state index in [1.54, 1.807) is 18.2 Å². The van der Waals surface area contributed by atoms with Gasteiger partial charge in [0.1, 0.15) is 5.70 Å². The third-order valence-electron chi connectivity index (χ3n) is 3.20. The Bertz CT molecular complexity index is 772. The van der Waals surface area contributed by atoms with Gasteiger partial charge in [-0.15, -0.1) is 0 Å². The molecule has 1 aliphatic heterocycles. The van der Waals surface area contributed by atoms with Crippen molar-refractivity contribution < 1.29 is 4.79 Å². The van der Waals surface area contributed by atoms with Gasteiger partial charge in [-0.2, -0.15) is 5.01 Å². The molecule has 1 heterocycles. The highest BCUT2D eigenvalue weighted by Crippen LogP contribution is 2.24. The Kier molecular flexibility index (Phi) is 4.69. The summed E-state index contributed by atoms with van der Waals surface area (Å²) >= 11 is 7.29. The Hall–Kier alpha value is -2.24. The average molecular weight is 344 g/mol. The number of hydrogen-bond acceptors (Lipinski definition) is 4. The zero-order valence-corrected chi connectivity index (χ0v) is 13.9. The zero-order valence-electron chi connectivity index (χ0n) is 12.4. The maximum Gasteiger partial charge on any atom is 0.297 e. The van der Waals surface area contributed by atoms with Crippen LogP contribution in [-0.2, 0) is 4.79 Å². The van der Waals surface area contributed by atoms with Crippen molar-refractivity contribution in [2.24, 2.45) is 4.99 Å². The molecule has 0 spiro atoms. The van der Waals surface area contributed by atoms with Crippen LogP contribution in [0.3, 0.4) is 0 Å². The summed E-state index contributed by atoms with van der Waals surface area (Å²) in [4.78, 5) is 17.0. The standard InChI is InChI=1S/C17H14ClN3OS/c1-23-17-19-15(11-12-7-9-13(18)10-8-12)16(22)21(17)20-14-5-3-2-4-6-14/h2-11,20H,1H3/b15-11-. The van der Waals surface area contributed by atoms with Crippen LogP contribution in [0.1, 0.15) is 5.56 Å². The van der Waals surface area contributed by atoms with E-state index in [9.17, 15) is 4.79 Å². The number of hydrogen-bond donors (Lipinski definition) is 1. The molecule has 0 aliphatic carbocycles. The van der Waals surface area contributed by atoms with Crippen LogP contribution in [-0.4, -0.2) is 22.3 Å². The number of carbonyl (C=O) groups excluding carboxylic acids is 1. The lowest BCUT2D eigenvalue weighted by atomic mass is 10.2. The molecule has 1 N–H and O–H groups in total. The normalized spacial score (nSPS) is 15.9. The number of anilines is 1. The Morgan fingerprint density at radius 1 is 1.13 bits per heavy atom. The number of nitrogens with one attached hydrogen (secondary N) is 1. The van der Waals surface area contributed by atoms with Gasteiger partial charge in [0, 0.05) is 5.02 Å². The van der Waals surface area contributed by atoms with Crippen molar-refractivity contribution in [3.63, 3.8) is 0 Å². The summed E-state index contributed by atoms with van der Waals surface area (Å²) in [6, 6.07) is 16.8. The summed E-state index contributed by atoms with van der Waals surface area (Å²) in [7, 11) is 0. The number of amidine groups is 1. The number of amides is 1. The van der Waals surface area contributed by atoms with Crippen molar-refractivity contribution in [2.75, 3.05) is 11.7 Å². The number of aliphatic imine (C=N–C) groups is 1. The SMILES string of the molecule is CSC1=N/C(=C\c2ccc(Cl)cc2)C(=O)N1Nc1ccccc1. The van der Waals surface area contributed by atoms with Crippen molar-refractivity contribution in [3.05, 3.63) is 70.9 Å². The van der Waals surface area contributed by atoms with E-state index in [-0.39, 0.29) is 5.91 Å². The molecule has 116 valence electrons. The molecule has 0 radical (unpaired) electrons. The molecule has 2 aromatic rings. The van der Waals surface area contributed by atoms with Crippen LogP contribution >= 0.6 is 23.4 Å². The summed E-state index contributed by atoms with van der Waals surface area (Å²) in [5.74, 6) is -0.187. The number of hydrazine groups is 1. The minimum atomic E-state index is -0.187. The number of halogens is 1. The van der Waals surface area contributed by atoms with Crippen LogP contribution in [0.25, 0.3) is 6.08 Å². The first-order chi connectivity index (χ1) is 11.2. The van der Waals surface area contributed by atoms with E-state index in [0.29, 0.717) is 15.9 Å². The topological polar surface area (TPSA) is 44.7 Å². The minimum Gasteiger partial charge on any atom is -0.289 e. The average Bonchev–Trinajstić information content (AvgIpc) is 2.87. The van der Waals surface area contributed by atoms with E-state index in [1.807, 2.05) is 48.7 Å². The first-order valence-electron chi connectivity index (χ1n) is 6.93.